The van der Waals surface area contributed by atoms with Crippen LogP contribution < -0.4 is 0 Å². The second-order valence-corrected chi connectivity index (χ2v) is 4.05. The fourth-order valence-electron chi connectivity index (χ4n) is 2.09. The van der Waals surface area contributed by atoms with Gasteiger partial charge in [-0.1, -0.05) is 19.1 Å². The lowest BCUT2D eigenvalue weighted by molar-refractivity contribution is -0.0738. The van der Waals surface area contributed by atoms with Crippen LogP contribution in [0.2, 0.25) is 0 Å². The Balaban J connectivity index is 2.22. The van der Waals surface area contributed by atoms with E-state index in [0.717, 1.165) is 18.4 Å². The standard InChI is InChI=1S/C11H13FO/c1-8-6-11(13,7-8)9-2-4-10(12)5-3-9/h2-5,8,13H,6-7H2,1H3. The molecule has 1 N–H and O–H groups in total. The van der Waals surface area contributed by atoms with Crippen LogP contribution in [0.4, 0.5) is 4.39 Å². The highest BCUT2D eigenvalue weighted by molar-refractivity contribution is 5.25. The summed E-state index contributed by atoms with van der Waals surface area (Å²) in [7, 11) is 0. The van der Waals surface area contributed by atoms with Gasteiger partial charge in [-0.3, -0.25) is 0 Å². The van der Waals surface area contributed by atoms with Gasteiger partial charge in [0.25, 0.3) is 0 Å². The van der Waals surface area contributed by atoms with Gasteiger partial charge in [0.1, 0.15) is 5.82 Å². The van der Waals surface area contributed by atoms with E-state index >= 15 is 0 Å². The van der Waals surface area contributed by atoms with E-state index in [1.54, 1.807) is 12.1 Å². The molecule has 1 aliphatic rings. The molecular formula is C11H13FO. The van der Waals surface area contributed by atoms with E-state index in [1.807, 2.05) is 0 Å². The first-order chi connectivity index (χ1) is 6.10. The van der Waals surface area contributed by atoms with Gasteiger partial charge in [-0.2, -0.15) is 0 Å². The van der Waals surface area contributed by atoms with Crippen molar-refractivity contribution >= 4 is 0 Å². The first-order valence-electron chi connectivity index (χ1n) is 4.58. The van der Waals surface area contributed by atoms with E-state index in [0.29, 0.717) is 5.92 Å². The van der Waals surface area contributed by atoms with Crippen molar-refractivity contribution in [1.29, 1.82) is 0 Å². The predicted octanol–water partition coefficient (Wildman–Crippen LogP) is 2.44. The molecule has 1 nitrogen and oxygen atoms in total. The molecule has 13 heavy (non-hydrogen) atoms. The fourth-order valence-corrected chi connectivity index (χ4v) is 2.09. The molecule has 70 valence electrons. The van der Waals surface area contributed by atoms with Gasteiger partial charge in [0.15, 0.2) is 0 Å². The number of hydrogen-bond acceptors (Lipinski definition) is 1. The maximum atomic E-state index is 12.6. The SMILES string of the molecule is CC1CC(O)(c2ccc(F)cc2)C1. The molecule has 0 amide bonds. The molecule has 2 rings (SSSR count). The molecule has 0 aromatic heterocycles. The molecular weight excluding hydrogens is 167 g/mol. The summed E-state index contributed by atoms with van der Waals surface area (Å²) in [6.07, 6.45) is 1.58. The lowest BCUT2D eigenvalue weighted by atomic mass is 9.68. The molecule has 0 unspecified atom stereocenters. The van der Waals surface area contributed by atoms with E-state index in [9.17, 15) is 9.50 Å². The summed E-state index contributed by atoms with van der Waals surface area (Å²) < 4.78 is 12.6. The largest absolute Gasteiger partial charge is 0.385 e. The number of benzene rings is 1. The Morgan fingerprint density at radius 2 is 1.85 bits per heavy atom. The van der Waals surface area contributed by atoms with Crippen LogP contribution in [0.5, 0.6) is 0 Å². The van der Waals surface area contributed by atoms with Crippen LogP contribution in [-0.4, -0.2) is 5.11 Å². The quantitative estimate of drug-likeness (QED) is 0.703. The van der Waals surface area contributed by atoms with E-state index < -0.39 is 5.60 Å². The van der Waals surface area contributed by atoms with E-state index in [-0.39, 0.29) is 5.82 Å². The average molecular weight is 180 g/mol. The molecule has 0 aliphatic heterocycles. The normalized spacial score (nSPS) is 32.7. The Hall–Kier alpha value is -0.890. The molecule has 1 fully saturated rings. The Labute approximate surface area is 77.2 Å². The Morgan fingerprint density at radius 1 is 1.31 bits per heavy atom. The highest BCUT2D eigenvalue weighted by atomic mass is 19.1. The predicted molar refractivity (Wildman–Crippen MR) is 48.7 cm³/mol. The third-order valence-corrected chi connectivity index (χ3v) is 2.75. The molecule has 1 aliphatic carbocycles. The fraction of sp³-hybridized carbons (Fsp3) is 0.455. The molecule has 1 saturated carbocycles. The van der Waals surface area contributed by atoms with Crippen LogP contribution in [0.15, 0.2) is 24.3 Å². The summed E-state index contributed by atoms with van der Waals surface area (Å²) in [5.74, 6) is 0.328. The van der Waals surface area contributed by atoms with Crippen LogP contribution in [0.25, 0.3) is 0 Å². The minimum Gasteiger partial charge on any atom is -0.385 e. The van der Waals surface area contributed by atoms with Gasteiger partial charge in [0.2, 0.25) is 0 Å². The summed E-state index contributed by atoms with van der Waals surface area (Å²) in [5.41, 5.74) is 0.152. The molecule has 0 spiro atoms. The monoisotopic (exact) mass is 180 g/mol. The molecule has 0 heterocycles. The van der Waals surface area contributed by atoms with Gasteiger partial charge in [0, 0.05) is 0 Å². The molecule has 0 atom stereocenters. The average Bonchev–Trinajstić information content (AvgIpc) is 2.03. The molecule has 0 radical (unpaired) electrons. The van der Waals surface area contributed by atoms with Crippen LogP contribution in [-0.2, 0) is 5.60 Å². The van der Waals surface area contributed by atoms with Crippen LogP contribution in [0.1, 0.15) is 25.3 Å². The molecule has 2 heteroatoms. The third kappa shape index (κ3) is 1.46. The van der Waals surface area contributed by atoms with Crippen molar-refractivity contribution in [3.63, 3.8) is 0 Å². The number of aliphatic hydroxyl groups is 1. The number of hydrogen-bond donors (Lipinski definition) is 1. The Morgan fingerprint density at radius 3 is 2.31 bits per heavy atom. The second-order valence-electron chi connectivity index (χ2n) is 4.05. The second kappa shape index (κ2) is 2.81. The molecule has 1 aromatic carbocycles. The Kier molecular flexibility index (Phi) is 1.88. The summed E-state index contributed by atoms with van der Waals surface area (Å²) in [4.78, 5) is 0. The zero-order valence-corrected chi connectivity index (χ0v) is 7.63. The van der Waals surface area contributed by atoms with Gasteiger partial charge < -0.3 is 5.11 Å². The Bertz CT molecular complexity index is 298. The third-order valence-electron chi connectivity index (χ3n) is 2.75. The number of rotatable bonds is 1. The van der Waals surface area contributed by atoms with Gasteiger partial charge in [-0.25, -0.2) is 4.39 Å². The van der Waals surface area contributed by atoms with Gasteiger partial charge >= 0.3 is 0 Å². The zero-order chi connectivity index (χ0) is 9.47. The molecule has 0 bridgehead atoms. The van der Waals surface area contributed by atoms with Crippen LogP contribution >= 0.6 is 0 Å². The van der Waals surface area contributed by atoms with Gasteiger partial charge in [0.05, 0.1) is 5.60 Å². The van der Waals surface area contributed by atoms with Gasteiger partial charge in [-0.15, -0.1) is 0 Å². The minimum absolute atomic E-state index is 0.250. The van der Waals surface area contributed by atoms with Crippen molar-refractivity contribution in [2.75, 3.05) is 0 Å². The molecule has 0 saturated heterocycles. The van der Waals surface area contributed by atoms with Crippen LogP contribution in [0.3, 0.4) is 0 Å². The smallest absolute Gasteiger partial charge is 0.123 e. The topological polar surface area (TPSA) is 20.2 Å². The summed E-state index contributed by atoms with van der Waals surface area (Å²) >= 11 is 0. The van der Waals surface area contributed by atoms with E-state index in [4.69, 9.17) is 0 Å². The summed E-state index contributed by atoms with van der Waals surface area (Å²) in [6, 6.07) is 6.13. The highest BCUT2D eigenvalue weighted by Crippen LogP contribution is 2.45. The number of halogens is 1. The van der Waals surface area contributed by atoms with Crippen molar-refractivity contribution in [3.8, 4) is 0 Å². The van der Waals surface area contributed by atoms with Crippen molar-refractivity contribution in [1.82, 2.24) is 0 Å². The first kappa shape index (κ1) is 8.70. The van der Waals surface area contributed by atoms with Crippen molar-refractivity contribution in [3.05, 3.63) is 35.6 Å². The maximum absolute atomic E-state index is 12.6. The van der Waals surface area contributed by atoms with Crippen LogP contribution in [0, 0.1) is 11.7 Å². The van der Waals surface area contributed by atoms with Crippen molar-refractivity contribution in [2.45, 2.75) is 25.4 Å². The van der Waals surface area contributed by atoms with Gasteiger partial charge in [-0.05, 0) is 36.5 Å². The van der Waals surface area contributed by atoms with E-state index in [2.05, 4.69) is 6.92 Å². The van der Waals surface area contributed by atoms with Crippen molar-refractivity contribution < 1.29 is 9.50 Å². The van der Waals surface area contributed by atoms with E-state index in [1.165, 1.54) is 12.1 Å². The molecule has 1 aromatic rings. The lowest BCUT2D eigenvalue weighted by Crippen LogP contribution is -2.39. The first-order valence-corrected chi connectivity index (χ1v) is 4.58. The summed E-state index contributed by atoms with van der Waals surface area (Å²) in [5, 5.41) is 10.0. The summed E-state index contributed by atoms with van der Waals surface area (Å²) in [6.45, 7) is 2.11. The zero-order valence-electron chi connectivity index (χ0n) is 7.63. The maximum Gasteiger partial charge on any atom is 0.123 e. The lowest BCUT2D eigenvalue weighted by Gasteiger charge is -2.42. The highest BCUT2D eigenvalue weighted by Gasteiger charge is 2.41. The minimum atomic E-state index is -0.687. The van der Waals surface area contributed by atoms with Crippen molar-refractivity contribution in [2.24, 2.45) is 5.92 Å².